The lowest BCUT2D eigenvalue weighted by Gasteiger charge is -2.07. The number of aryl methyl sites for hydroxylation is 1. The van der Waals surface area contributed by atoms with Crippen LogP contribution in [0.15, 0.2) is 40.9 Å². The Morgan fingerprint density at radius 1 is 1.11 bits per heavy atom. The maximum atomic E-state index is 13.2. The van der Waals surface area contributed by atoms with Gasteiger partial charge in [-0.15, -0.1) is 0 Å². The number of halogens is 3. The average molecular weight is 325 g/mol. The minimum atomic E-state index is -0.438. The molecular weight excluding hydrogens is 314 g/mol. The number of hydrogen-bond acceptors (Lipinski definition) is 1. The molecule has 0 unspecified atom stereocenters. The molecule has 0 heterocycles. The van der Waals surface area contributed by atoms with Crippen molar-refractivity contribution in [3.8, 4) is 0 Å². The number of carbonyl (C=O) groups excluding carboxylic acids is 1. The predicted octanol–water partition coefficient (Wildman–Crippen LogP) is 4.46. The van der Waals surface area contributed by atoms with E-state index < -0.39 is 5.82 Å². The summed E-state index contributed by atoms with van der Waals surface area (Å²) in [6, 6.07) is 8.27. The van der Waals surface area contributed by atoms with Crippen molar-refractivity contribution >= 4 is 21.7 Å². The van der Waals surface area contributed by atoms with Crippen molar-refractivity contribution in [2.45, 2.75) is 13.3 Å². The summed E-state index contributed by atoms with van der Waals surface area (Å²) < 4.78 is 26.7. The minimum absolute atomic E-state index is 0.102. The van der Waals surface area contributed by atoms with Crippen LogP contribution in [-0.4, -0.2) is 5.78 Å². The molecule has 0 aliphatic heterocycles. The highest BCUT2D eigenvalue weighted by Crippen LogP contribution is 2.21. The van der Waals surface area contributed by atoms with E-state index in [0.717, 1.165) is 5.56 Å². The maximum Gasteiger partial charge on any atom is 0.167 e. The van der Waals surface area contributed by atoms with Crippen LogP contribution in [0.5, 0.6) is 0 Å². The van der Waals surface area contributed by atoms with Gasteiger partial charge in [-0.1, -0.05) is 28.1 Å². The molecule has 0 amide bonds. The molecule has 1 nitrogen and oxygen atoms in total. The summed E-state index contributed by atoms with van der Waals surface area (Å²) in [6.45, 7) is 1.76. The number of hydrogen-bond donors (Lipinski definition) is 0. The third-order valence-electron chi connectivity index (χ3n) is 2.87. The van der Waals surface area contributed by atoms with Gasteiger partial charge < -0.3 is 0 Å². The largest absolute Gasteiger partial charge is 0.294 e. The van der Waals surface area contributed by atoms with Crippen molar-refractivity contribution in [2.75, 3.05) is 0 Å². The Hall–Kier alpha value is -1.55. The number of rotatable bonds is 3. The first-order valence-electron chi connectivity index (χ1n) is 5.70. The van der Waals surface area contributed by atoms with Crippen LogP contribution in [0.2, 0.25) is 0 Å². The van der Waals surface area contributed by atoms with Crippen LogP contribution in [0.1, 0.15) is 21.5 Å². The zero-order valence-electron chi connectivity index (χ0n) is 10.2. The summed E-state index contributed by atoms with van der Waals surface area (Å²) in [5.74, 6) is -0.999. The third kappa shape index (κ3) is 3.26. The van der Waals surface area contributed by atoms with Crippen LogP contribution >= 0.6 is 15.9 Å². The summed E-state index contributed by atoms with van der Waals surface area (Å²) in [5.41, 5.74) is 1.76. The molecule has 0 radical (unpaired) electrons. The molecule has 0 bridgehead atoms. The van der Waals surface area contributed by atoms with E-state index in [2.05, 4.69) is 15.9 Å². The van der Waals surface area contributed by atoms with Gasteiger partial charge >= 0.3 is 0 Å². The van der Waals surface area contributed by atoms with E-state index in [4.69, 9.17) is 0 Å². The Bertz CT molecular complexity index is 638. The van der Waals surface area contributed by atoms with E-state index in [-0.39, 0.29) is 18.0 Å². The Balaban J connectivity index is 2.28. The van der Waals surface area contributed by atoms with Crippen molar-refractivity contribution in [3.05, 3.63) is 69.2 Å². The van der Waals surface area contributed by atoms with Gasteiger partial charge in [0.1, 0.15) is 11.6 Å². The van der Waals surface area contributed by atoms with Crippen LogP contribution in [0.4, 0.5) is 8.78 Å². The van der Waals surface area contributed by atoms with Crippen molar-refractivity contribution in [1.29, 1.82) is 0 Å². The van der Waals surface area contributed by atoms with Gasteiger partial charge in [-0.05, 0) is 42.3 Å². The number of Topliss-reactive ketones (excluding diaryl/α,β-unsaturated/α-hetero) is 1. The second-order valence-electron chi connectivity index (χ2n) is 4.29. The Labute approximate surface area is 118 Å². The van der Waals surface area contributed by atoms with Crippen LogP contribution in [0.25, 0.3) is 0 Å². The first kappa shape index (κ1) is 13.9. The highest BCUT2D eigenvalue weighted by atomic mass is 79.9. The summed E-state index contributed by atoms with van der Waals surface area (Å²) >= 11 is 3.21. The molecule has 19 heavy (non-hydrogen) atoms. The molecular formula is C15H11BrF2O. The zero-order valence-corrected chi connectivity index (χ0v) is 11.8. The monoisotopic (exact) mass is 324 g/mol. The van der Waals surface area contributed by atoms with E-state index in [9.17, 15) is 13.6 Å². The lowest BCUT2D eigenvalue weighted by atomic mass is 9.99. The lowest BCUT2D eigenvalue weighted by Crippen LogP contribution is -2.07. The topological polar surface area (TPSA) is 17.1 Å². The SMILES string of the molecule is Cc1ccc(F)cc1C(=O)Cc1ccc(F)cc1Br. The van der Waals surface area contributed by atoms with E-state index in [1.54, 1.807) is 19.1 Å². The molecule has 2 aromatic rings. The summed E-state index contributed by atoms with van der Waals surface area (Å²) in [4.78, 5) is 12.1. The average Bonchev–Trinajstić information content (AvgIpc) is 2.35. The summed E-state index contributed by atoms with van der Waals surface area (Å²) in [7, 11) is 0. The van der Waals surface area contributed by atoms with Gasteiger partial charge in [0.2, 0.25) is 0 Å². The Morgan fingerprint density at radius 3 is 2.42 bits per heavy atom. The van der Waals surface area contributed by atoms with Gasteiger partial charge in [-0.25, -0.2) is 8.78 Å². The normalized spacial score (nSPS) is 10.5. The second kappa shape index (κ2) is 5.61. The van der Waals surface area contributed by atoms with E-state index in [1.807, 2.05) is 0 Å². The van der Waals surface area contributed by atoms with Gasteiger partial charge in [-0.2, -0.15) is 0 Å². The molecule has 0 fully saturated rings. The maximum absolute atomic E-state index is 13.2. The highest BCUT2D eigenvalue weighted by molar-refractivity contribution is 9.10. The van der Waals surface area contributed by atoms with Gasteiger partial charge in [0.15, 0.2) is 5.78 Å². The predicted molar refractivity (Wildman–Crippen MR) is 73.3 cm³/mol. The number of carbonyl (C=O) groups is 1. The van der Waals surface area contributed by atoms with Gasteiger partial charge in [0.25, 0.3) is 0 Å². The number of ketones is 1. The molecule has 0 saturated heterocycles. The summed E-state index contributed by atoms with van der Waals surface area (Å²) in [6.07, 6.45) is 0.102. The quantitative estimate of drug-likeness (QED) is 0.762. The van der Waals surface area contributed by atoms with Crippen molar-refractivity contribution in [2.24, 2.45) is 0 Å². The fourth-order valence-electron chi connectivity index (χ4n) is 1.83. The van der Waals surface area contributed by atoms with E-state index in [1.165, 1.54) is 24.3 Å². The van der Waals surface area contributed by atoms with Crippen molar-refractivity contribution in [3.63, 3.8) is 0 Å². The molecule has 0 spiro atoms. The molecule has 0 aromatic heterocycles. The lowest BCUT2D eigenvalue weighted by molar-refractivity contribution is 0.0991. The van der Waals surface area contributed by atoms with Crippen LogP contribution in [0, 0.1) is 18.6 Å². The minimum Gasteiger partial charge on any atom is -0.294 e. The highest BCUT2D eigenvalue weighted by Gasteiger charge is 2.13. The van der Waals surface area contributed by atoms with E-state index in [0.29, 0.717) is 15.6 Å². The first-order valence-corrected chi connectivity index (χ1v) is 6.50. The molecule has 98 valence electrons. The first-order chi connectivity index (χ1) is 8.97. The smallest absolute Gasteiger partial charge is 0.167 e. The molecule has 0 aliphatic carbocycles. The Kier molecular flexibility index (Phi) is 4.10. The van der Waals surface area contributed by atoms with Gasteiger partial charge in [-0.3, -0.25) is 4.79 Å². The zero-order chi connectivity index (χ0) is 14.0. The van der Waals surface area contributed by atoms with Gasteiger partial charge in [0, 0.05) is 16.5 Å². The van der Waals surface area contributed by atoms with Crippen LogP contribution in [0.3, 0.4) is 0 Å². The van der Waals surface area contributed by atoms with Crippen molar-refractivity contribution in [1.82, 2.24) is 0 Å². The fraction of sp³-hybridized carbons (Fsp3) is 0.133. The Morgan fingerprint density at radius 2 is 1.74 bits per heavy atom. The number of benzene rings is 2. The molecule has 0 N–H and O–H groups in total. The molecule has 0 saturated carbocycles. The standard InChI is InChI=1S/C15H11BrF2O/c1-9-2-4-11(17)7-13(9)15(19)6-10-3-5-12(18)8-14(10)16/h2-5,7-8H,6H2,1H3. The van der Waals surface area contributed by atoms with Crippen molar-refractivity contribution < 1.29 is 13.6 Å². The molecule has 2 rings (SSSR count). The fourth-order valence-corrected chi connectivity index (χ4v) is 2.32. The van der Waals surface area contributed by atoms with Crippen LogP contribution < -0.4 is 0 Å². The van der Waals surface area contributed by atoms with Crippen LogP contribution in [-0.2, 0) is 6.42 Å². The second-order valence-corrected chi connectivity index (χ2v) is 5.15. The third-order valence-corrected chi connectivity index (χ3v) is 3.60. The summed E-state index contributed by atoms with van der Waals surface area (Å²) in [5, 5.41) is 0. The molecule has 0 aliphatic rings. The molecule has 2 aromatic carbocycles. The van der Waals surface area contributed by atoms with Gasteiger partial charge in [0.05, 0.1) is 0 Å². The van der Waals surface area contributed by atoms with E-state index >= 15 is 0 Å². The molecule has 4 heteroatoms. The molecule has 0 atom stereocenters.